The second-order valence-electron chi connectivity index (χ2n) is 9.31. The fourth-order valence-electron chi connectivity index (χ4n) is 4.68. The Morgan fingerprint density at radius 2 is 1.75 bits per heavy atom. The van der Waals surface area contributed by atoms with E-state index in [-0.39, 0.29) is 17.3 Å². The van der Waals surface area contributed by atoms with Crippen LogP contribution in [0.1, 0.15) is 59.2 Å². The van der Waals surface area contributed by atoms with E-state index >= 15 is 0 Å². The molecule has 3 aromatic rings. The van der Waals surface area contributed by atoms with Crippen molar-refractivity contribution in [3.63, 3.8) is 0 Å². The Hall–Kier alpha value is -4.37. The molecule has 1 saturated heterocycles. The zero-order valence-corrected chi connectivity index (χ0v) is 21.0. The van der Waals surface area contributed by atoms with Gasteiger partial charge >= 0.3 is 0 Å². The monoisotopic (exact) mass is 480 g/mol. The van der Waals surface area contributed by atoms with E-state index < -0.39 is 17.7 Å². The lowest BCUT2D eigenvalue weighted by atomic mass is 9.90. The zero-order valence-electron chi connectivity index (χ0n) is 21.0. The predicted molar refractivity (Wildman–Crippen MR) is 139 cm³/mol. The van der Waals surface area contributed by atoms with Crippen LogP contribution in [0.3, 0.4) is 0 Å². The number of ether oxygens (including phenoxy) is 1. The number of benzene rings is 3. The van der Waals surface area contributed by atoms with Crippen LogP contribution in [0.25, 0.3) is 5.76 Å². The molecule has 4 rings (SSSR count). The number of nitrogens with zero attached hydrogens (tertiary/aromatic N) is 2. The molecular formula is C30H28N2O4. The highest BCUT2D eigenvalue weighted by molar-refractivity contribution is 6.51. The molecule has 1 aliphatic heterocycles. The average molecular weight is 481 g/mol. The number of hydrogen-bond donors (Lipinski definition) is 1. The van der Waals surface area contributed by atoms with Gasteiger partial charge in [-0.15, -0.1) is 0 Å². The molecule has 0 saturated carbocycles. The number of amides is 1. The molecule has 1 amide bonds. The van der Waals surface area contributed by atoms with Crippen molar-refractivity contribution in [2.75, 3.05) is 12.0 Å². The summed E-state index contributed by atoms with van der Waals surface area (Å²) in [5.41, 5.74) is 4.69. The number of ketones is 1. The Balaban J connectivity index is 1.98. The third-order valence-electron chi connectivity index (χ3n) is 6.53. The molecule has 0 radical (unpaired) electrons. The van der Waals surface area contributed by atoms with Crippen LogP contribution in [0, 0.1) is 25.2 Å². The minimum absolute atomic E-state index is 0.0259. The number of anilines is 1. The van der Waals surface area contributed by atoms with E-state index in [4.69, 9.17) is 4.74 Å². The van der Waals surface area contributed by atoms with Gasteiger partial charge in [0.1, 0.15) is 11.5 Å². The van der Waals surface area contributed by atoms with Gasteiger partial charge in [0.25, 0.3) is 11.7 Å². The minimum Gasteiger partial charge on any atom is -0.507 e. The topological polar surface area (TPSA) is 90.6 Å². The van der Waals surface area contributed by atoms with Crippen LogP contribution in [-0.2, 0) is 9.59 Å². The van der Waals surface area contributed by atoms with E-state index in [1.165, 1.54) is 4.90 Å². The summed E-state index contributed by atoms with van der Waals surface area (Å²) < 4.78 is 5.53. The lowest BCUT2D eigenvalue weighted by molar-refractivity contribution is -0.132. The van der Waals surface area contributed by atoms with Crippen LogP contribution >= 0.6 is 0 Å². The highest BCUT2D eigenvalue weighted by Gasteiger charge is 2.47. The number of Topliss-reactive ketones (excluding diaryl/α,β-unsaturated/α-hetero) is 1. The molecule has 1 heterocycles. The van der Waals surface area contributed by atoms with Crippen molar-refractivity contribution < 1.29 is 19.4 Å². The van der Waals surface area contributed by atoms with Gasteiger partial charge < -0.3 is 9.84 Å². The number of aliphatic hydroxyl groups is 1. The van der Waals surface area contributed by atoms with Crippen LogP contribution in [-0.4, -0.2) is 23.9 Å². The van der Waals surface area contributed by atoms with Crippen LogP contribution in [0.2, 0.25) is 0 Å². The number of carbonyl (C=O) groups excluding carboxylic acids is 2. The van der Waals surface area contributed by atoms with Crippen molar-refractivity contribution in [3.05, 3.63) is 99.6 Å². The highest BCUT2D eigenvalue weighted by atomic mass is 16.5. The van der Waals surface area contributed by atoms with Gasteiger partial charge in [-0.05, 0) is 72.9 Å². The molecule has 1 unspecified atom stereocenters. The van der Waals surface area contributed by atoms with Crippen LogP contribution in [0.15, 0.2) is 66.2 Å². The van der Waals surface area contributed by atoms with Crippen molar-refractivity contribution in [1.29, 1.82) is 5.26 Å². The van der Waals surface area contributed by atoms with E-state index in [9.17, 15) is 20.0 Å². The SMILES string of the molecule is COc1cc(C)c(/C(O)=C2\C(=O)C(=O)N(c3ccc(C#N)cc3)C2c2cccc(C)c2)cc1C(C)C. The van der Waals surface area contributed by atoms with E-state index in [1.807, 2.05) is 64.1 Å². The maximum Gasteiger partial charge on any atom is 0.300 e. The van der Waals surface area contributed by atoms with E-state index in [0.717, 1.165) is 16.7 Å². The fourth-order valence-corrected chi connectivity index (χ4v) is 4.68. The summed E-state index contributed by atoms with van der Waals surface area (Å²) in [4.78, 5) is 28.2. The molecular weight excluding hydrogens is 452 g/mol. The van der Waals surface area contributed by atoms with Gasteiger partial charge in [-0.3, -0.25) is 14.5 Å². The maximum atomic E-state index is 13.5. The first kappa shape index (κ1) is 24.7. The Labute approximate surface area is 211 Å². The average Bonchev–Trinajstić information content (AvgIpc) is 3.13. The van der Waals surface area contributed by atoms with Gasteiger partial charge in [0.15, 0.2) is 0 Å². The summed E-state index contributed by atoms with van der Waals surface area (Å²) in [5.74, 6) is -0.904. The lowest BCUT2D eigenvalue weighted by Crippen LogP contribution is -2.29. The highest BCUT2D eigenvalue weighted by Crippen LogP contribution is 2.43. The van der Waals surface area contributed by atoms with Gasteiger partial charge in [-0.1, -0.05) is 43.7 Å². The summed E-state index contributed by atoms with van der Waals surface area (Å²) >= 11 is 0. The predicted octanol–water partition coefficient (Wildman–Crippen LogP) is 5.93. The van der Waals surface area contributed by atoms with E-state index in [1.54, 1.807) is 31.4 Å². The number of rotatable bonds is 5. The Kier molecular flexibility index (Phi) is 6.67. The second-order valence-corrected chi connectivity index (χ2v) is 9.31. The van der Waals surface area contributed by atoms with Gasteiger partial charge in [0.2, 0.25) is 0 Å². The third kappa shape index (κ3) is 4.25. The first-order valence-electron chi connectivity index (χ1n) is 11.7. The second kappa shape index (κ2) is 9.71. The van der Waals surface area contributed by atoms with Crippen molar-refractivity contribution >= 4 is 23.1 Å². The van der Waals surface area contributed by atoms with Crippen molar-refractivity contribution in [1.82, 2.24) is 0 Å². The summed E-state index contributed by atoms with van der Waals surface area (Å²) in [6.07, 6.45) is 0. The smallest absolute Gasteiger partial charge is 0.300 e. The first-order valence-corrected chi connectivity index (χ1v) is 11.7. The molecule has 6 heteroatoms. The van der Waals surface area contributed by atoms with E-state index in [0.29, 0.717) is 28.1 Å². The molecule has 1 atom stereocenters. The van der Waals surface area contributed by atoms with Gasteiger partial charge in [-0.25, -0.2) is 0 Å². The molecule has 36 heavy (non-hydrogen) atoms. The number of carbonyl (C=O) groups is 2. The van der Waals surface area contributed by atoms with Crippen LogP contribution in [0.5, 0.6) is 5.75 Å². The summed E-state index contributed by atoms with van der Waals surface area (Å²) in [6, 6.07) is 18.9. The fraction of sp³-hybridized carbons (Fsp3) is 0.233. The zero-order chi connectivity index (χ0) is 26.1. The molecule has 1 N–H and O–H groups in total. The Morgan fingerprint density at radius 1 is 1.06 bits per heavy atom. The van der Waals surface area contributed by atoms with Gasteiger partial charge in [0.05, 0.1) is 30.4 Å². The minimum atomic E-state index is -0.832. The largest absolute Gasteiger partial charge is 0.507 e. The molecule has 0 aromatic heterocycles. The third-order valence-corrected chi connectivity index (χ3v) is 6.53. The summed E-state index contributed by atoms with van der Waals surface area (Å²) in [5, 5.41) is 20.8. The summed E-state index contributed by atoms with van der Waals surface area (Å²) in [6.45, 7) is 7.81. The number of hydrogen-bond acceptors (Lipinski definition) is 5. The lowest BCUT2D eigenvalue weighted by Gasteiger charge is -2.26. The standard InChI is InChI=1S/C30H28N2O4/c1-17(2)23-15-24(19(4)14-25(23)36-5)28(33)26-27(21-8-6-7-18(3)13-21)32(30(35)29(26)34)22-11-9-20(16-31)10-12-22/h6-15,17,27,33H,1-5H3/b28-26+. The number of aliphatic hydroxyl groups excluding tert-OH is 1. The molecule has 1 aliphatic rings. The van der Waals surface area contributed by atoms with Crippen molar-refractivity contribution in [2.24, 2.45) is 0 Å². The Morgan fingerprint density at radius 3 is 2.33 bits per heavy atom. The normalized spacial score (nSPS) is 16.9. The molecule has 0 aliphatic carbocycles. The molecule has 6 nitrogen and oxygen atoms in total. The first-order chi connectivity index (χ1) is 17.2. The number of methoxy groups -OCH3 is 1. The molecule has 182 valence electrons. The van der Waals surface area contributed by atoms with Crippen molar-refractivity contribution in [3.8, 4) is 11.8 Å². The molecule has 0 spiro atoms. The molecule has 3 aromatic carbocycles. The molecule has 1 fully saturated rings. The van der Waals surface area contributed by atoms with Crippen molar-refractivity contribution in [2.45, 2.75) is 39.7 Å². The molecule has 0 bridgehead atoms. The van der Waals surface area contributed by atoms with E-state index in [2.05, 4.69) is 6.07 Å². The number of nitriles is 1. The quantitative estimate of drug-likeness (QED) is 0.278. The van der Waals surface area contributed by atoms with Gasteiger partial charge in [0, 0.05) is 11.3 Å². The van der Waals surface area contributed by atoms with Gasteiger partial charge in [-0.2, -0.15) is 5.26 Å². The van der Waals surface area contributed by atoms with Crippen LogP contribution < -0.4 is 9.64 Å². The summed E-state index contributed by atoms with van der Waals surface area (Å²) in [7, 11) is 1.60. The van der Waals surface area contributed by atoms with Crippen LogP contribution in [0.4, 0.5) is 5.69 Å². The Bertz CT molecular complexity index is 1430. The number of aryl methyl sites for hydroxylation is 2. The maximum absolute atomic E-state index is 13.5.